The molecule has 0 atom stereocenters. The van der Waals surface area contributed by atoms with Crippen LogP contribution in [-0.4, -0.2) is 6.21 Å². The van der Waals surface area contributed by atoms with Crippen LogP contribution in [0, 0.1) is 6.92 Å². The summed E-state index contributed by atoms with van der Waals surface area (Å²) in [5.41, 5.74) is 5.00. The smallest absolute Gasteiger partial charge is 0.0730 e. The molecule has 0 spiro atoms. The molecule has 0 heterocycles. The van der Waals surface area contributed by atoms with Gasteiger partial charge < -0.3 is 0 Å². The first kappa shape index (κ1) is 10.9. The second kappa shape index (κ2) is 4.93. The van der Waals surface area contributed by atoms with Crippen LogP contribution >= 0.6 is 0 Å². The van der Waals surface area contributed by atoms with Crippen molar-refractivity contribution in [1.82, 2.24) is 0 Å². The van der Waals surface area contributed by atoms with Gasteiger partial charge in [-0.15, -0.1) is 0 Å². The highest BCUT2D eigenvalue weighted by Crippen LogP contribution is 2.30. The Bertz CT molecular complexity index is 465. The first-order valence-electron chi connectivity index (χ1n) is 5.81. The predicted octanol–water partition coefficient (Wildman–Crippen LogP) is 4.23. The Kier molecular flexibility index (Phi) is 3.35. The van der Waals surface area contributed by atoms with Gasteiger partial charge in [-0.3, -0.25) is 4.99 Å². The van der Waals surface area contributed by atoms with Crippen LogP contribution in [0.5, 0.6) is 0 Å². The van der Waals surface area contributed by atoms with Crippen molar-refractivity contribution < 1.29 is 0 Å². The number of benzene rings is 1. The number of hydrogen-bond acceptors (Lipinski definition) is 1. The highest BCUT2D eigenvalue weighted by atomic mass is 14.7. The number of rotatable bonds is 2. The lowest BCUT2D eigenvalue weighted by Gasteiger charge is -2.09. The predicted molar refractivity (Wildman–Crippen MR) is 71.5 cm³/mol. The zero-order valence-electron chi connectivity index (χ0n) is 9.90. The van der Waals surface area contributed by atoms with Crippen LogP contribution in [0.2, 0.25) is 0 Å². The van der Waals surface area contributed by atoms with Gasteiger partial charge >= 0.3 is 0 Å². The van der Waals surface area contributed by atoms with E-state index < -0.39 is 0 Å². The van der Waals surface area contributed by atoms with E-state index in [4.69, 9.17) is 0 Å². The number of nitrogens with zero attached hydrogens (tertiary/aromatic N) is 1. The van der Waals surface area contributed by atoms with Crippen molar-refractivity contribution in [3.05, 3.63) is 47.1 Å². The fourth-order valence-electron chi connectivity index (χ4n) is 1.90. The Morgan fingerprint density at radius 2 is 2.19 bits per heavy atom. The summed E-state index contributed by atoms with van der Waals surface area (Å²) in [6.45, 7) is 4.23. The van der Waals surface area contributed by atoms with Crippen molar-refractivity contribution in [2.24, 2.45) is 4.99 Å². The van der Waals surface area contributed by atoms with Crippen molar-refractivity contribution >= 4 is 18.0 Å². The largest absolute Gasteiger partial charge is 0.260 e. The second-order valence-electron chi connectivity index (χ2n) is 4.02. The zero-order chi connectivity index (χ0) is 11.4. The molecule has 82 valence electrons. The Morgan fingerprint density at radius 3 is 3.00 bits per heavy atom. The summed E-state index contributed by atoms with van der Waals surface area (Å²) in [4.78, 5) is 4.58. The van der Waals surface area contributed by atoms with Crippen LogP contribution in [0.25, 0.3) is 6.08 Å². The van der Waals surface area contributed by atoms with E-state index in [1.807, 2.05) is 6.21 Å². The normalized spacial score (nSPS) is 14.1. The average Bonchev–Trinajstić information content (AvgIpc) is 2.53. The van der Waals surface area contributed by atoms with Gasteiger partial charge in [0.1, 0.15) is 0 Å². The maximum atomic E-state index is 4.58. The number of aliphatic imine (C=N–C) groups is 1. The third kappa shape index (κ3) is 2.13. The lowest BCUT2D eigenvalue weighted by molar-refractivity contribution is 1.23. The first-order valence-corrected chi connectivity index (χ1v) is 5.81. The molecule has 0 saturated carbocycles. The summed E-state index contributed by atoms with van der Waals surface area (Å²) in [6, 6.07) is 4.36. The van der Waals surface area contributed by atoms with Gasteiger partial charge in [-0.1, -0.05) is 43.4 Å². The van der Waals surface area contributed by atoms with E-state index in [0.29, 0.717) is 0 Å². The number of aryl methyl sites for hydroxylation is 1. The van der Waals surface area contributed by atoms with E-state index in [-0.39, 0.29) is 0 Å². The molecule has 0 bridgehead atoms. The van der Waals surface area contributed by atoms with Gasteiger partial charge in [0.15, 0.2) is 0 Å². The molecule has 1 heteroatoms. The molecule has 0 N–H and O–H groups in total. The van der Waals surface area contributed by atoms with Crippen molar-refractivity contribution in [2.75, 3.05) is 0 Å². The van der Waals surface area contributed by atoms with Crippen LogP contribution in [-0.2, 0) is 6.42 Å². The number of allylic oxidation sites excluding steroid dienone is 3. The molecule has 0 aliphatic heterocycles. The molecule has 16 heavy (non-hydrogen) atoms. The summed E-state index contributed by atoms with van der Waals surface area (Å²) in [6.07, 6.45) is 12.5. The third-order valence-electron chi connectivity index (χ3n) is 2.76. The highest BCUT2D eigenvalue weighted by Gasteiger charge is 2.08. The standard InChI is InChI=1S/C15H17N/c1-3-11-16-15-12(2)9-10-13-7-5-4-6-8-14(13)15/h4-6,8-11H,3,7H2,1-2H3/b16-11-. The van der Waals surface area contributed by atoms with Crippen LogP contribution in [0.3, 0.4) is 0 Å². The summed E-state index contributed by atoms with van der Waals surface area (Å²) < 4.78 is 0. The minimum absolute atomic E-state index is 0.977. The third-order valence-corrected chi connectivity index (χ3v) is 2.76. The zero-order valence-corrected chi connectivity index (χ0v) is 9.90. The van der Waals surface area contributed by atoms with E-state index in [9.17, 15) is 0 Å². The van der Waals surface area contributed by atoms with E-state index in [1.165, 1.54) is 16.7 Å². The SMILES string of the molecule is CC/C=N\c1c(C)ccc2c1C=CC=CC2. The van der Waals surface area contributed by atoms with Crippen LogP contribution < -0.4 is 0 Å². The van der Waals surface area contributed by atoms with Crippen molar-refractivity contribution in [1.29, 1.82) is 0 Å². The highest BCUT2D eigenvalue weighted by molar-refractivity contribution is 5.75. The van der Waals surface area contributed by atoms with Gasteiger partial charge in [-0.25, -0.2) is 0 Å². The lowest BCUT2D eigenvalue weighted by atomic mass is 10.00. The molecular weight excluding hydrogens is 194 g/mol. The van der Waals surface area contributed by atoms with Crippen molar-refractivity contribution in [2.45, 2.75) is 26.7 Å². The topological polar surface area (TPSA) is 12.4 Å². The summed E-state index contributed by atoms with van der Waals surface area (Å²) in [7, 11) is 0. The average molecular weight is 211 g/mol. The van der Waals surface area contributed by atoms with E-state index in [2.05, 4.69) is 55.3 Å². The monoisotopic (exact) mass is 211 g/mol. The molecule has 0 unspecified atom stereocenters. The van der Waals surface area contributed by atoms with E-state index in [0.717, 1.165) is 18.5 Å². The van der Waals surface area contributed by atoms with Gasteiger partial charge in [0, 0.05) is 11.8 Å². The van der Waals surface area contributed by atoms with Gasteiger partial charge in [0.2, 0.25) is 0 Å². The fourth-order valence-corrected chi connectivity index (χ4v) is 1.90. The molecule has 1 aliphatic carbocycles. The van der Waals surface area contributed by atoms with Gasteiger partial charge in [-0.05, 0) is 30.9 Å². The van der Waals surface area contributed by atoms with Crippen molar-refractivity contribution in [3.63, 3.8) is 0 Å². The van der Waals surface area contributed by atoms with Gasteiger partial charge in [-0.2, -0.15) is 0 Å². The Morgan fingerprint density at radius 1 is 1.31 bits per heavy atom. The molecule has 0 amide bonds. The van der Waals surface area contributed by atoms with Gasteiger partial charge in [0.25, 0.3) is 0 Å². The molecule has 1 aromatic rings. The Balaban J connectivity index is 2.54. The first-order chi connectivity index (χ1) is 7.83. The molecule has 0 aromatic heterocycles. The molecule has 1 nitrogen and oxygen atoms in total. The van der Waals surface area contributed by atoms with Gasteiger partial charge in [0.05, 0.1) is 5.69 Å². The molecule has 0 saturated heterocycles. The maximum absolute atomic E-state index is 4.58. The number of fused-ring (bicyclic) bond motifs is 1. The summed E-state index contributed by atoms with van der Waals surface area (Å²) in [5.74, 6) is 0. The quantitative estimate of drug-likeness (QED) is 0.649. The van der Waals surface area contributed by atoms with Crippen molar-refractivity contribution in [3.8, 4) is 0 Å². The molecule has 0 radical (unpaired) electrons. The molecule has 1 aromatic carbocycles. The molecule has 1 aliphatic rings. The molecular formula is C15H17N. The Labute approximate surface area is 97.2 Å². The molecule has 2 rings (SSSR count). The Hall–Kier alpha value is -1.63. The van der Waals surface area contributed by atoms with Crippen LogP contribution in [0.4, 0.5) is 5.69 Å². The summed E-state index contributed by atoms with van der Waals surface area (Å²) in [5, 5.41) is 0. The van der Waals surface area contributed by atoms with Crippen LogP contribution in [0.1, 0.15) is 30.0 Å². The minimum atomic E-state index is 0.977. The molecule has 0 fully saturated rings. The lowest BCUT2D eigenvalue weighted by Crippen LogP contribution is -1.89. The van der Waals surface area contributed by atoms with Crippen LogP contribution in [0.15, 0.2) is 35.4 Å². The fraction of sp³-hybridized carbons (Fsp3) is 0.267. The number of hydrogen-bond donors (Lipinski definition) is 0. The van der Waals surface area contributed by atoms with E-state index >= 15 is 0 Å². The second-order valence-corrected chi connectivity index (χ2v) is 4.02. The maximum Gasteiger partial charge on any atom is 0.0730 e. The van der Waals surface area contributed by atoms with E-state index in [1.54, 1.807) is 0 Å². The summed E-state index contributed by atoms with van der Waals surface area (Å²) >= 11 is 0. The minimum Gasteiger partial charge on any atom is -0.260 e.